The van der Waals surface area contributed by atoms with Gasteiger partial charge in [0.05, 0.1) is 12.7 Å². The maximum atomic E-state index is 12.7. The molecule has 1 atom stereocenters. The lowest BCUT2D eigenvalue weighted by Crippen LogP contribution is -2.52. The molecule has 9 heteroatoms. The Morgan fingerprint density at radius 3 is 2.32 bits per heavy atom. The van der Waals surface area contributed by atoms with Crippen molar-refractivity contribution in [2.45, 2.75) is 12.5 Å². The van der Waals surface area contributed by atoms with E-state index in [-0.39, 0.29) is 5.56 Å². The number of hydrogen-bond donors (Lipinski definition) is 4. The highest BCUT2D eigenvalue weighted by Crippen LogP contribution is 2.15. The molecule has 0 fully saturated rings. The molecule has 0 unspecified atom stereocenters. The van der Waals surface area contributed by atoms with Crippen LogP contribution in [0.3, 0.4) is 0 Å². The van der Waals surface area contributed by atoms with Crippen molar-refractivity contribution in [2.24, 2.45) is 0 Å². The first-order valence-electron chi connectivity index (χ1n) is 8.73. The highest BCUT2D eigenvalue weighted by atomic mass is 19.3. The van der Waals surface area contributed by atoms with Crippen molar-refractivity contribution in [3.05, 3.63) is 65.2 Å². The van der Waals surface area contributed by atoms with E-state index >= 15 is 0 Å². The number of para-hydroxylation sites is 1. The largest absolute Gasteiger partial charge is 0.495 e. The molecule has 2 amide bonds. The van der Waals surface area contributed by atoms with Gasteiger partial charge in [0.1, 0.15) is 11.5 Å². The highest BCUT2D eigenvalue weighted by Gasteiger charge is 2.30. The van der Waals surface area contributed by atoms with E-state index in [1.165, 1.54) is 24.3 Å². The first-order chi connectivity index (χ1) is 14.9. The Bertz CT molecular complexity index is 1090. The SMILES string of the molecule is COc1ccccc1C#CC#Cc1ccc(C(=O)N[C@@H](C(=N)C(F)F)C(=O)NO)cc1. The Kier molecular flexibility index (Phi) is 8.26. The predicted octanol–water partition coefficient (Wildman–Crippen LogP) is 1.99. The van der Waals surface area contributed by atoms with Crippen LogP contribution in [0.15, 0.2) is 48.5 Å². The molecule has 2 aromatic carbocycles. The minimum absolute atomic E-state index is 0.0449. The molecule has 0 aromatic heterocycles. The minimum atomic E-state index is -3.28. The summed E-state index contributed by atoms with van der Waals surface area (Å²) in [5.74, 6) is 9.43. The molecule has 0 aliphatic rings. The first-order valence-corrected chi connectivity index (χ1v) is 8.73. The second-order valence-corrected chi connectivity index (χ2v) is 5.92. The fourth-order valence-corrected chi connectivity index (χ4v) is 2.34. The number of benzene rings is 2. The zero-order valence-corrected chi connectivity index (χ0v) is 16.2. The number of rotatable bonds is 6. The molecular weight excluding hydrogens is 408 g/mol. The van der Waals surface area contributed by atoms with Crippen LogP contribution in [-0.2, 0) is 4.79 Å². The lowest BCUT2D eigenvalue weighted by atomic mass is 10.1. The molecule has 0 saturated carbocycles. The van der Waals surface area contributed by atoms with E-state index in [0.29, 0.717) is 16.9 Å². The smallest absolute Gasteiger partial charge is 0.278 e. The molecule has 7 nitrogen and oxygen atoms in total. The summed E-state index contributed by atoms with van der Waals surface area (Å²) in [5, 5.41) is 17.8. The van der Waals surface area contributed by atoms with Crippen LogP contribution < -0.4 is 15.5 Å². The zero-order valence-electron chi connectivity index (χ0n) is 16.2. The van der Waals surface area contributed by atoms with Crippen LogP contribution in [0.1, 0.15) is 21.5 Å². The monoisotopic (exact) mass is 425 g/mol. The quantitative estimate of drug-likeness (QED) is 0.245. The van der Waals surface area contributed by atoms with Gasteiger partial charge in [0.2, 0.25) is 0 Å². The van der Waals surface area contributed by atoms with Crippen LogP contribution in [-0.4, -0.2) is 42.3 Å². The second kappa shape index (κ2) is 11.1. The van der Waals surface area contributed by atoms with Gasteiger partial charge >= 0.3 is 0 Å². The molecule has 2 rings (SSSR count). The first kappa shape index (κ1) is 23.1. The number of amides is 2. The zero-order chi connectivity index (χ0) is 22.8. The molecule has 2 aromatic rings. The van der Waals surface area contributed by atoms with E-state index in [1.54, 1.807) is 19.2 Å². The van der Waals surface area contributed by atoms with Crippen molar-refractivity contribution in [1.29, 1.82) is 5.41 Å². The molecule has 0 bridgehead atoms. The van der Waals surface area contributed by atoms with Gasteiger partial charge in [-0.05, 0) is 54.2 Å². The lowest BCUT2D eigenvalue weighted by molar-refractivity contribution is -0.129. The summed E-state index contributed by atoms with van der Waals surface area (Å²) in [7, 11) is 1.54. The van der Waals surface area contributed by atoms with Gasteiger partial charge in [-0.25, -0.2) is 14.3 Å². The molecule has 0 aliphatic heterocycles. The van der Waals surface area contributed by atoms with Crippen LogP contribution in [0.4, 0.5) is 8.78 Å². The number of alkyl halides is 2. The molecule has 0 radical (unpaired) electrons. The number of ether oxygens (including phenoxy) is 1. The van der Waals surface area contributed by atoms with Gasteiger partial charge in [-0.3, -0.25) is 14.8 Å². The summed E-state index contributed by atoms with van der Waals surface area (Å²) in [5.41, 5.74) is 1.06. The summed E-state index contributed by atoms with van der Waals surface area (Å²) >= 11 is 0. The number of carbonyl (C=O) groups excluding carboxylic acids is 2. The molecule has 0 aliphatic carbocycles. The number of hydroxylamine groups is 1. The van der Waals surface area contributed by atoms with Crippen molar-refractivity contribution in [2.75, 3.05) is 7.11 Å². The van der Waals surface area contributed by atoms with Crippen molar-refractivity contribution in [3.8, 4) is 29.4 Å². The van der Waals surface area contributed by atoms with Crippen LogP contribution in [0, 0.1) is 29.1 Å². The van der Waals surface area contributed by atoms with E-state index in [4.69, 9.17) is 15.4 Å². The van der Waals surface area contributed by atoms with Crippen LogP contribution >= 0.6 is 0 Å². The number of halogens is 2. The van der Waals surface area contributed by atoms with Gasteiger partial charge in [-0.2, -0.15) is 0 Å². The third-order valence-corrected chi connectivity index (χ3v) is 3.91. The van der Waals surface area contributed by atoms with Crippen LogP contribution in [0.25, 0.3) is 0 Å². The maximum Gasteiger partial charge on any atom is 0.278 e. The second-order valence-electron chi connectivity index (χ2n) is 5.92. The maximum absolute atomic E-state index is 12.7. The number of hydrogen-bond acceptors (Lipinski definition) is 5. The van der Waals surface area contributed by atoms with Crippen molar-refractivity contribution < 1.29 is 28.3 Å². The topological polar surface area (TPSA) is 112 Å². The Labute approximate surface area is 176 Å². The minimum Gasteiger partial charge on any atom is -0.495 e. The van der Waals surface area contributed by atoms with Gasteiger partial charge in [0.25, 0.3) is 18.2 Å². The van der Waals surface area contributed by atoms with Crippen LogP contribution in [0.5, 0.6) is 5.75 Å². The Morgan fingerprint density at radius 1 is 1.06 bits per heavy atom. The third-order valence-electron chi connectivity index (χ3n) is 3.91. The summed E-state index contributed by atoms with van der Waals surface area (Å²) in [6.07, 6.45) is -3.28. The van der Waals surface area contributed by atoms with Gasteiger partial charge in [0, 0.05) is 11.1 Å². The molecule has 4 N–H and O–H groups in total. The predicted molar refractivity (Wildman–Crippen MR) is 108 cm³/mol. The number of methoxy groups -OCH3 is 1. The normalized spacial score (nSPS) is 10.6. The van der Waals surface area contributed by atoms with Crippen molar-refractivity contribution in [1.82, 2.24) is 10.8 Å². The van der Waals surface area contributed by atoms with Gasteiger partial charge in [-0.15, -0.1) is 0 Å². The Morgan fingerprint density at radius 2 is 1.71 bits per heavy atom. The van der Waals surface area contributed by atoms with Gasteiger partial charge < -0.3 is 15.5 Å². The van der Waals surface area contributed by atoms with E-state index in [0.717, 1.165) is 5.48 Å². The summed E-state index contributed by atoms with van der Waals surface area (Å²) in [4.78, 5) is 23.7. The summed E-state index contributed by atoms with van der Waals surface area (Å²) in [6, 6.07) is 10.9. The van der Waals surface area contributed by atoms with Crippen molar-refractivity contribution >= 4 is 17.5 Å². The molecule has 31 heavy (non-hydrogen) atoms. The molecule has 158 valence electrons. The van der Waals surface area contributed by atoms with Gasteiger partial charge in [0.15, 0.2) is 6.04 Å². The summed E-state index contributed by atoms with van der Waals surface area (Å²) in [6.45, 7) is 0. The Hall–Kier alpha value is -4.21. The van der Waals surface area contributed by atoms with Gasteiger partial charge in [-0.1, -0.05) is 18.1 Å². The van der Waals surface area contributed by atoms with E-state index in [9.17, 15) is 18.4 Å². The average Bonchev–Trinajstić information content (AvgIpc) is 2.79. The fourth-order valence-electron chi connectivity index (χ4n) is 2.34. The molecule has 0 heterocycles. The molecule has 0 spiro atoms. The standard InChI is InChI=1S/C22H17F2N3O4/c1-31-17-9-5-4-8-15(17)7-3-2-6-14-10-12-16(13-11-14)21(28)26-19(22(29)27-30)18(25)20(23)24/h4-5,8-13,19-20,25,30H,1H3,(H,26,28)(H,27,29)/t19-/m0/s1. The van der Waals surface area contributed by atoms with E-state index in [2.05, 4.69) is 23.7 Å². The Balaban J connectivity index is 2.09. The summed E-state index contributed by atoms with van der Waals surface area (Å²) < 4.78 is 30.6. The van der Waals surface area contributed by atoms with E-state index in [1.807, 2.05) is 17.4 Å². The van der Waals surface area contributed by atoms with E-state index < -0.39 is 30.0 Å². The molecule has 0 saturated heterocycles. The number of carbonyl (C=O) groups is 2. The number of nitrogens with one attached hydrogen (secondary N) is 3. The van der Waals surface area contributed by atoms with Crippen molar-refractivity contribution in [3.63, 3.8) is 0 Å². The third kappa shape index (κ3) is 6.39. The average molecular weight is 425 g/mol. The van der Waals surface area contributed by atoms with Crippen LogP contribution in [0.2, 0.25) is 0 Å². The highest BCUT2D eigenvalue weighted by molar-refractivity contribution is 6.11. The molecular formula is C22H17F2N3O4. The fraction of sp³-hybridized carbons (Fsp3) is 0.136. The lowest BCUT2D eigenvalue weighted by Gasteiger charge is -2.17.